The van der Waals surface area contributed by atoms with Gasteiger partial charge in [-0.1, -0.05) is 12.1 Å². The van der Waals surface area contributed by atoms with Gasteiger partial charge in [0, 0.05) is 12.1 Å². The number of hydrogen-bond acceptors (Lipinski definition) is 6. The lowest BCUT2D eigenvalue weighted by molar-refractivity contribution is -0.156. The fraction of sp³-hybridized carbons (Fsp3) is 0.455. The number of hydrogen-bond donors (Lipinski definition) is 0. The van der Waals surface area contributed by atoms with E-state index in [4.69, 9.17) is 9.47 Å². The second-order valence-electron chi connectivity index (χ2n) is 7.91. The number of esters is 1. The summed E-state index contributed by atoms with van der Waals surface area (Å²) in [6, 6.07) is 5.42. The molecule has 30 heavy (non-hydrogen) atoms. The summed E-state index contributed by atoms with van der Waals surface area (Å²) < 4.78 is 23.3. The van der Waals surface area contributed by atoms with Gasteiger partial charge in [0.1, 0.15) is 11.4 Å². The van der Waals surface area contributed by atoms with Crippen molar-refractivity contribution in [3.8, 4) is 0 Å². The average Bonchev–Trinajstić information content (AvgIpc) is 2.81. The molecule has 0 radical (unpaired) electrons. The maximum Gasteiger partial charge on any atom is 0.410 e. The molecule has 7 nitrogen and oxygen atoms in total. The summed E-state index contributed by atoms with van der Waals surface area (Å²) in [5.41, 5.74) is -0.0743. The number of benzene rings is 1. The maximum atomic E-state index is 13.2. The maximum absolute atomic E-state index is 13.2. The number of carbonyl (C=O) groups excluding carboxylic acids is 4. The number of halogens is 1. The van der Waals surface area contributed by atoms with E-state index in [2.05, 4.69) is 0 Å². The van der Waals surface area contributed by atoms with Crippen LogP contribution in [0.4, 0.5) is 9.18 Å². The molecule has 1 fully saturated rings. The highest BCUT2D eigenvalue weighted by Gasteiger charge is 2.38. The van der Waals surface area contributed by atoms with Crippen LogP contribution in [0.2, 0.25) is 0 Å². The number of nitrogens with zero attached hydrogens (tertiary/aromatic N) is 1. The number of likely N-dealkylation sites (tertiary alicyclic amines) is 1. The largest absolute Gasteiger partial charge is 0.460 e. The smallest absolute Gasteiger partial charge is 0.410 e. The van der Waals surface area contributed by atoms with Crippen LogP contribution >= 0.6 is 0 Å². The van der Waals surface area contributed by atoms with Gasteiger partial charge in [0.2, 0.25) is 0 Å². The quantitative estimate of drug-likeness (QED) is 0.322. The molecule has 0 aliphatic carbocycles. The zero-order valence-corrected chi connectivity index (χ0v) is 17.6. The Morgan fingerprint density at radius 2 is 1.83 bits per heavy atom. The normalized spacial score (nSPS) is 18.7. The molecule has 0 N–H and O–H groups in total. The van der Waals surface area contributed by atoms with Crippen molar-refractivity contribution in [3.63, 3.8) is 0 Å². The molecule has 1 amide bonds. The monoisotopic (exact) mass is 419 g/mol. The van der Waals surface area contributed by atoms with E-state index in [0.717, 1.165) is 0 Å². The van der Waals surface area contributed by atoms with Crippen LogP contribution in [0.15, 0.2) is 29.8 Å². The molecule has 2 rings (SSSR count). The first kappa shape index (κ1) is 23.3. The van der Waals surface area contributed by atoms with E-state index in [1.54, 1.807) is 27.7 Å². The molecule has 1 aromatic carbocycles. The minimum atomic E-state index is -1.26. The molecule has 1 atom stereocenters. The Balaban J connectivity index is 2.39. The van der Waals surface area contributed by atoms with Gasteiger partial charge in [-0.3, -0.25) is 9.59 Å². The number of ether oxygens (including phenoxy) is 2. The third-order valence-electron chi connectivity index (χ3n) is 4.34. The molecular formula is C22H26FNO6. The first-order valence-corrected chi connectivity index (χ1v) is 9.71. The van der Waals surface area contributed by atoms with E-state index in [9.17, 15) is 23.6 Å². The van der Waals surface area contributed by atoms with E-state index in [1.165, 1.54) is 35.2 Å². The molecule has 1 unspecified atom stereocenters. The van der Waals surface area contributed by atoms with Crippen molar-refractivity contribution in [2.24, 2.45) is 5.92 Å². The van der Waals surface area contributed by atoms with Crippen LogP contribution in [0.25, 0.3) is 6.08 Å². The predicted molar refractivity (Wildman–Crippen MR) is 107 cm³/mol. The molecule has 0 saturated carbocycles. The van der Waals surface area contributed by atoms with Gasteiger partial charge in [0.25, 0.3) is 5.78 Å². The van der Waals surface area contributed by atoms with Crippen molar-refractivity contribution in [1.82, 2.24) is 4.90 Å². The molecule has 162 valence electrons. The minimum absolute atomic E-state index is 0.00773. The number of ketones is 2. The second kappa shape index (κ2) is 9.65. The molecule has 8 heteroatoms. The Morgan fingerprint density at radius 1 is 1.20 bits per heavy atom. The highest BCUT2D eigenvalue weighted by atomic mass is 19.1. The number of amides is 1. The van der Waals surface area contributed by atoms with Crippen LogP contribution in [0.3, 0.4) is 0 Å². The number of rotatable bonds is 4. The van der Waals surface area contributed by atoms with Gasteiger partial charge in [-0.25, -0.2) is 14.0 Å². The van der Waals surface area contributed by atoms with E-state index < -0.39 is 41.0 Å². The third-order valence-corrected chi connectivity index (χ3v) is 4.34. The Bertz CT molecular complexity index is 853. The zero-order chi connectivity index (χ0) is 22.5. The summed E-state index contributed by atoms with van der Waals surface area (Å²) in [6.45, 7) is 6.68. The highest BCUT2D eigenvalue weighted by Crippen LogP contribution is 2.24. The van der Waals surface area contributed by atoms with Crippen LogP contribution < -0.4 is 0 Å². The van der Waals surface area contributed by atoms with Crippen LogP contribution in [0.5, 0.6) is 0 Å². The molecule has 0 aromatic heterocycles. The van der Waals surface area contributed by atoms with E-state index in [-0.39, 0.29) is 31.7 Å². The van der Waals surface area contributed by atoms with E-state index >= 15 is 0 Å². The van der Waals surface area contributed by atoms with Crippen molar-refractivity contribution in [2.75, 3.05) is 19.7 Å². The summed E-state index contributed by atoms with van der Waals surface area (Å²) in [7, 11) is 0. The SMILES string of the molecule is CCOC(=O)C(=O)C1CCN(C(=O)OC(C)(C)C)C/C(=C\c2ccc(F)cc2)C1=O. The van der Waals surface area contributed by atoms with Crippen molar-refractivity contribution in [1.29, 1.82) is 0 Å². The molecule has 0 spiro atoms. The van der Waals surface area contributed by atoms with E-state index in [0.29, 0.717) is 5.56 Å². The molecule has 1 saturated heterocycles. The summed E-state index contributed by atoms with van der Waals surface area (Å²) in [5, 5.41) is 0. The summed E-state index contributed by atoms with van der Waals surface area (Å²) >= 11 is 0. The zero-order valence-electron chi connectivity index (χ0n) is 17.6. The molecule has 1 heterocycles. The molecule has 1 aromatic rings. The average molecular weight is 419 g/mol. The van der Waals surface area contributed by atoms with Crippen molar-refractivity contribution in [3.05, 3.63) is 41.2 Å². The van der Waals surface area contributed by atoms with Gasteiger partial charge in [-0.2, -0.15) is 0 Å². The number of Topliss-reactive ketones (excluding diaryl/α,β-unsaturated/α-hetero) is 2. The summed E-state index contributed by atoms with van der Waals surface area (Å²) in [6.07, 6.45) is 0.816. The molecule has 1 aliphatic rings. The van der Waals surface area contributed by atoms with Crippen LogP contribution in [-0.2, 0) is 23.9 Å². The van der Waals surface area contributed by atoms with Gasteiger partial charge in [-0.05, 0) is 57.9 Å². The van der Waals surface area contributed by atoms with Crippen molar-refractivity contribution >= 4 is 29.7 Å². The van der Waals surface area contributed by atoms with Gasteiger partial charge in [0.15, 0.2) is 5.78 Å². The highest BCUT2D eigenvalue weighted by molar-refractivity contribution is 6.39. The lowest BCUT2D eigenvalue weighted by Crippen LogP contribution is -2.38. The van der Waals surface area contributed by atoms with Gasteiger partial charge >= 0.3 is 12.1 Å². The number of carbonyl (C=O) groups is 4. The first-order valence-electron chi connectivity index (χ1n) is 9.71. The molecule has 1 aliphatic heterocycles. The van der Waals surface area contributed by atoms with Gasteiger partial charge in [-0.15, -0.1) is 0 Å². The van der Waals surface area contributed by atoms with Gasteiger partial charge < -0.3 is 14.4 Å². The second-order valence-corrected chi connectivity index (χ2v) is 7.91. The lowest BCUT2D eigenvalue weighted by Gasteiger charge is -2.26. The Kier molecular flexibility index (Phi) is 7.48. The molecular weight excluding hydrogens is 393 g/mol. The lowest BCUT2D eigenvalue weighted by atomic mass is 9.91. The van der Waals surface area contributed by atoms with Gasteiger partial charge in [0.05, 0.1) is 19.1 Å². The fourth-order valence-electron chi connectivity index (χ4n) is 2.96. The summed E-state index contributed by atoms with van der Waals surface area (Å²) in [4.78, 5) is 51.4. The van der Waals surface area contributed by atoms with Crippen molar-refractivity contribution < 1.29 is 33.0 Å². The van der Waals surface area contributed by atoms with Crippen LogP contribution in [0.1, 0.15) is 39.7 Å². The third kappa shape index (κ3) is 6.23. The van der Waals surface area contributed by atoms with E-state index in [1.807, 2.05) is 0 Å². The Hall–Kier alpha value is -3.03. The Labute approximate surface area is 174 Å². The predicted octanol–water partition coefficient (Wildman–Crippen LogP) is 3.17. The first-order chi connectivity index (χ1) is 14.0. The minimum Gasteiger partial charge on any atom is -0.460 e. The topological polar surface area (TPSA) is 90.0 Å². The summed E-state index contributed by atoms with van der Waals surface area (Å²) in [5.74, 6) is -4.29. The van der Waals surface area contributed by atoms with Crippen LogP contribution in [0, 0.1) is 11.7 Å². The van der Waals surface area contributed by atoms with Crippen molar-refractivity contribution in [2.45, 2.75) is 39.7 Å². The molecule has 0 bridgehead atoms. The fourth-order valence-corrected chi connectivity index (χ4v) is 2.96. The van der Waals surface area contributed by atoms with Crippen LogP contribution in [-0.4, -0.2) is 53.8 Å². The standard InChI is InChI=1S/C22H26FNO6/c1-5-29-20(27)19(26)17-10-11-24(21(28)30-22(2,3)4)13-15(18(17)25)12-14-6-8-16(23)9-7-14/h6-9,12,17H,5,10-11,13H2,1-4H3/b15-12+. The Morgan fingerprint density at radius 3 is 2.40 bits per heavy atom.